The summed E-state index contributed by atoms with van der Waals surface area (Å²) in [6.45, 7) is 3.93. The van der Waals surface area contributed by atoms with Crippen molar-refractivity contribution in [1.29, 1.82) is 0 Å². The van der Waals surface area contributed by atoms with Crippen LogP contribution in [0.15, 0.2) is 36.7 Å². The Labute approximate surface area is 134 Å². The maximum absolute atomic E-state index is 12.4. The number of carbonyl (C=O) groups excluding carboxylic acids is 1. The Hall–Kier alpha value is -1.85. The van der Waals surface area contributed by atoms with Gasteiger partial charge in [-0.25, -0.2) is 0 Å². The Morgan fingerprint density at radius 1 is 1.41 bits per heavy atom. The second-order valence-corrected chi connectivity index (χ2v) is 5.90. The third-order valence-electron chi connectivity index (χ3n) is 3.72. The van der Waals surface area contributed by atoms with Crippen LogP contribution in [0.2, 0.25) is 5.02 Å². The maximum atomic E-state index is 12.4. The summed E-state index contributed by atoms with van der Waals surface area (Å²) in [5, 5.41) is 4.86. The van der Waals surface area contributed by atoms with Gasteiger partial charge in [0, 0.05) is 17.8 Å². The minimum atomic E-state index is -0.102. The van der Waals surface area contributed by atoms with Crippen molar-refractivity contribution in [3.05, 3.63) is 52.8 Å². The number of ether oxygens (including phenoxy) is 1. The third kappa shape index (κ3) is 3.48. The third-order valence-corrected chi connectivity index (χ3v) is 3.97. The second-order valence-electron chi connectivity index (χ2n) is 5.47. The van der Waals surface area contributed by atoms with Crippen LogP contribution in [0.25, 0.3) is 0 Å². The van der Waals surface area contributed by atoms with E-state index < -0.39 is 0 Å². The van der Waals surface area contributed by atoms with Crippen LogP contribution in [0.4, 0.5) is 0 Å². The first-order valence-electron chi connectivity index (χ1n) is 7.26. The van der Waals surface area contributed by atoms with Gasteiger partial charge in [-0.2, -0.15) is 5.10 Å². The van der Waals surface area contributed by atoms with Crippen LogP contribution in [0.3, 0.4) is 0 Å². The summed E-state index contributed by atoms with van der Waals surface area (Å²) in [7, 11) is 0. The number of nitrogens with zero attached hydrogens (tertiary/aromatic N) is 3. The van der Waals surface area contributed by atoms with Crippen LogP contribution in [-0.2, 0) is 16.1 Å². The molecule has 6 heteroatoms. The summed E-state index contributed by atoms with van der Waals surface area (Å²) in [6, 6.07) is 7.57. The number of aromatic nitrogens is 2. The number of rotatable bonds is 3. The van der Waals surface area contributed by atoms with Crippen molar-refractivity contribution in [3.63, 3.8) is 0 Å². The van der Waals surface area contributed by atoms with Gasteiger partial charge in [-0.15, -0.1) is 0 Å². The van der Waals surface area contributed by atoms with Crippen molar-refractivity contribution in [1.82, 2.24) is 14.7 Å². The molecule has 0 unspecified atom stereocenters. The smallest absolute Gasteiger partial charge is 0.244 e. The van der Waals surface area contributed by atoms with E-state index in [0.717, 1.165) is 11.1 Å². The molecule has 1 amide bonds. The molecule has 5 nitrogen and oxygen atoms in total. The fourth-order valence-electron chi connectivity index (χ4n) is 2.55. The molecule has 22 heavy (non-hydrogen) atoms. The van der Waals surface area contributed by atoms with Crippen LogP contribution in [-0.4, -0.2) is 40.3 Å². The van der Waals surface area contributed by atoms with Crippen molar-refractivity contribution in [3.8, 4) is 0 Å². The van der Waals surface area contributed by atoms with Gasteiger partial charge >= 0.3 is 0 Å². The van der Waals surface area contributed by atoms with Gasteiger partial charge in [-0.1, -0.05) is 23.7 Å². The van der Waals surface area contributed by atoms with Gasteiger partial charge in [-0.05, 0) is 30.2 Å². The Morgan fingerprint density at radius 2 is 2.18 bits per heavy atom. The lowest BCUT2D eigenvalue weighted by Gasteiger charge is -2.33. The average molecular weight is 320 g/mol. The number of hydrogen-bond donors (Lipinski definition) is 0. The van der Waals surface area contributed by atoms with Crippen molar-refractivity contribution in [2.75, 3.05) is 19.7 Å². The fraction of sp³-hybridized carbons (Fsp3) is 0.375. The predicted molar refractivity (Wildman–Crippen MR) is 83.7 cm³/mol. The summed E-state index contributed by atoms with van der Waals surface area (Å²) in [4.78, 5) is 14.2. The molecular formula is C16H18ClN3O2. The molecule has 1 saturated heterocycles. The zero-order valence-corrected chi connectivity index (χ0v) is 13.2. The van der Waals surface area contributed by atoms with Crippen molar-refractivity contribution in [2.24, 2.45) is 0 Å². The van der Waals surface area contributed by atoms with Gasteiger partial charge in [0.1, 0.15) is 12.6 Å². The van der Waals surface area contributed by atoms with Crippen LogP contribution in [0, 0.1) is 6.92 Å². The quantitative estimate of drug-likeness (QED) is 0.873. The normalized spacial score (nSPS) is 18.5. The van der Waals surface area contributed by atoms with E-state index in [2.05, 4.69) is 5.10 Å². The molecule has 0 bridgehead atoms. The van der Waals surface area contributed by atoms with Crippen molar-refractivity contribution < 1.29 is 9.53 Å². The fourth-order valence-corrected chi connectivity index (χ4v) is 2.67. The molecule has 3 rings (SSSR count). The van der Waals surface area contributed by atoms with Gasteiger partial charge < -0.3 is 9.64 Å². The highest BCUT2D eigenvalue weighted by molar-refractivity contribution is 6.30. The molecule has 0 aliphatic carbocycles. The van der Waals surface area contributed by atoms with E-state index in [4.69, 9.17) is 16.3 Å². The van der Waals surface area contributed by atoms with Crippen LogP contribution in [0.5, 0.6) is 0 Å². The lowest BCUT2D eigenvalue weighted by Crippen LogP contribution is -2.43. The molecule has 1 aromatic heterocycles. The number of hydrogen-bond acceptors (Lipinski definition) is 3. The summed E-state index contributed by atoms with van der Waals surface area (Å²) in [6.07, 6.45) is 3.52. The topological polar surface area (TPSA) is 47.4 Å². The second kappa shape index (κ2) is 6.50. The van der Waals surface area contributed by atoms with Crippen LogP contribution < -0.4 is 0 Å². The van der Waals surface area contributed by atoms with Gasteiger partial charge in [0.05, 0.1) is 19.3 Å². The molecule has 1 aliphatic rings. The molecule has 0 saturated carbocycles. The van der Waals surface area contributed by atoms with E-state index in [0.29, 0.717) is 24.7 Å². The Bertz CT molecular complexity index is 654. The first-order valence-corrected chi connectivity index (χ1v) is 7.63. The van der Waals surface area contributed by atoms with Gasteiger partial charge in [0.15, 0.2) is 0 Å². The first kappa shape index (κ1) is 15.1. The monoisotopic (exact) mass is 319 g/mol. The molecule has 1 aromatic carbocycles. The summed E-state index contributed by atoms with van der Waals surface area (Å²) in [5.41, 5.74) is 2.09. The zero-order chi connectivity index (χ0) is 15.5. The van der Waals surface area contributed by atoms with E-state index >= 15 is 0 Å². The molecule has 1 fully saturated rings. The maximum Gasteiger partial charge on any atom is 0.244 e. The van der Waals surface area contributed by atoms with E-state index in [9.17, 15) is 4.79 Å². The standard InChI is InChI=1S/C16H18ClN3O2/c1-12-8-18-20(9-12)11-16(21)19-6-7-22-15(10-19)13-2-4-14(17)5-3-13/h2-5,8-9,15H,6-7,10-11H2,1H3/t15-/m0/s1. The number of aryl methyl sites for hydroxylation is 1. The molecule has 1 aliphatic heterocycles. The lowest BCUT2D eigenvalue weighted by molar-refractivity contribution is -0.139. The molecule has 2 heterocycles. The average Bonchev–Trinajstić information content (AvgIpc) is 2.93. The Kier molecular flexibility index (Phi) is 4.45. The first-order chi connectivity index (χ1) is 10.6. The molecule has 0 spiro atoms. The van der Waals surface area contributed by atoms with Crippen LogP contribution >= 0.6 is 11.6 Å². The van der Waals surface area contributed by atoms with E-state index in [1.807, 2.05) is 42.3 Å². The number of carbonyl (C=O) groups is 1. The summed E-state index contributed by atoms with van der Waals surface area (Å²) >= 11 is 5.91. The highest BCUT2D eigenvalue weighted by Crippen LogP contribution is 2.23. The number of benzene rings is 1. The molecular weight excluding hydrogens is 302 g/mol. The van der Waals surface area contributed by atoms with E-state index in [1.165, 1.54) is 0 Å². The van der Waals surface area contributed by atoms with Gasteiger partial charge in [-0.3, -0.25) is 9.48 Å². The van der Waals surface area contributed by atoms with Crippen LogP contribution in [0.1, 0.15) is 17.2 Å². The van der Waals surface area contributed by atoms with Crippen molar-refractivity contribution >= 4 is 17.5 Å². The molecule has 0 radical (unpaired) electrons. The van der Waals surface area contributed by atoms with Gasteiger partial charge in [0.2, 0.25) is 5.91 Å². The predicted octanol–water partition coefficient (Wildman–Crippen LogP) is 2.45. The zero-order valence-electron chi connectivity index (χ0n) is 12.4. The minimum absolute atomic E-state index is 0.0605. The number of amides is 1. The lowest BCUT2D eigenvalue weighted by atomic mass is 10.1. The van der Waals surface area contributed by atoms with E-state index in [-0.39, 0.29) is 18.6 Å². The van der Waals surface area contributed by atoms with Crippen molar-refractivity contribution in [2.45, 2.75) is 19.6 Å². The number of morpholine rings is 1. The largest absolute Gasteiger partial charge is 0.370 e. The highest BCUT2D eigenvalue weighted by atomic mass is 35.5. The molecule has 0 N–H and O–H groups in total. The minimum Gasteiger partial charge on any atom is -0.370 e. The molecule has 116 valence electrons. The van der Waals surface area contributed by atoms with Gasteiger partial charge in [0.25, 0.3) is 0 Å². The molecule has 1 atom stereocenters. The summed E-state index contributed by atoms with van der Waals surface area (Å²) in [5.74, 6) is 0.0605. The Balaban J connectivity index is 1.64. The Morgan fingerprint density at radius 3 is 2.86 bits per heavy atom. The SMILES string of the molecule is Cc1cnn(CC(=O)N2CCO[C@H](c3ccc(Cl)cc3)C2)c1. The number of halogens is 1. The summed E-state index contributed by atoms with van der Waals surface area (Å²) < 4.78 is 7.45. The highest BCUT2D eigenvalue weighted by Gasteiger charge is 2.25. The molecule has 2 aromatic rings. The van der Waals surface area contributed by atoms with E-state index in [1.54, 1.807) is 10.9 Å².